The molecule has 1 N–H and O–H groups in total. The molecular formula is C22H26N2O7S. The molecule has 0 bridgehead atoms. The predicted octanol–water partition coefficient (Wildman–Crippen LogP) is 1.89. The Labute approximate surface area is 187 Å². The second-order valence-corrected chi connectivity index (χ2v) is 9.00. The zero-order valence-electron chi connectivity index (χ0n) is 17.9. The molecule has 0 saturated carbocycles. The number of carbonyl (C=O) groups is 2. The number of nitrogens with zero attached hydrogens (tertiary/aromatic N) is 1. The zero-order chi connectivity index (χ0) is 23.1. The van der Waals surface area contributed by atoms with E-state index in [1.807, 2.05) is 37.3 Å². The maximum Gasteiger partial charge on any atom is 0.321 e. The molecule has 10 heteroatoms. The molecule has 1 aliphatic rings. The Balaban J connectivity index is 1.51. The van der Waals surface area contributed by atoms with Gasteiger partial charge in [0, 0.05) is 19.5 Å². The van der Waals surface area contributed by atoms with E-state index in [2.05, 4.69) is 4.72 Å². The van der Waals surface area contributed by atoms with Crippen molar-refractivity contribution in [3.8, 4) is 11.5 Å². The molecular weight excluding hydrogens is 436 g/mol. The fraction of sp³-hybridized carbons (Fsp3) is 0.364. The van der Waals surface area contributed by atoms with Crippen LogP contribution in [0.2, 0.25) is 0 Å². The van der Waals surface area contributed by atoms with Crippen LogP contribution in [-0.2, 0) is 24.3 Å². The first-order valence-electron chi connectivity index (χ1n) is 10.1. The van der Waals surface area contributed by atoms with Crippen molar-refractivity contribution in [1.29, 1.82) is 0 Å². The number of ether oxygens (including phenoxy) is 3. The van der Waals surface area contributed by atoms with Crippen molar-refractivity contribution in [3.05, 3.63) is 54.1 Å². The van der Waals surface area contributed by atoms with Crippen molar-refractivity contribution in [2.24, 2.45) is 0 Å². The number of nitrogens with one attached hydrogen (secondary N) is 1. The summed E-state index contributed by atoms with van der Waals surface area (Å²) in [6, 6.07) is 13.4. The normalized spacial score (nSPS) is 14.2. The van der Waals surface area contributed by atoms with Gasteiger partial charge in [-0.2, -0.15) is 4.72 Å². The summed E-state index contributed by atoms with van der Waals surface area (Å²) in [7, 11) is -2.38. The number of carbonyl (C=O) groups excluding carboxylic acids is 2. The van der Waals surface area contributed by atoms with Crippen LogP contribution in [0.5, 0.6) is 11.5 Å². The van der Waals surface area contributed by atoms with Crippen molar-refractivity contribution in [2.45, 2.75) is 24.3 Å². The topological polar surface area (TPSA) is 111 Å². The first kappa shape index (κ1) is 23.6. The maximum absolute atomic E-state index is 12.5. The Morgan fingerprint density at radius 3 is 2.50 bits per heavy atom. The van der Waals surface area contributed by atoms with E-state index in [9.17, 15) is 18.0 Å². The third kappa shape index (κ3) is 5.98. The Morgan fingerprint density at radius 1 is 1.09 bits per heavy atom. The minimum Gasteiger partial charge on any atom is -0.490 e. The molecule has 3 rings (SSSR count). The van der Waals surface area contributed by atoms with Crippen LogP contribution in [0.25, 0.3) is 0 Å². The molecule has 1 aliphatic heterocycles. The summed E-state index contributed by atoms with van der Waals surface area (Å²) in [5, 5.41) is 0. The summed E-state index contributed by atoms with van der Waals surface area (Å²) in [6.07, 6.45) is 0.693. The molecule has 0 fully saturated rings. The lowest BCUT2D eigenvalue weighted by Crippen LogP contribution is -2.36. The fourth-order valence-electron chi connectivity index (χ4n) is 3.01. The van der Waals surface area contributed by atoms with Crippen LogP contribution in [0.15, 0.2) is 53.4 Å². The highest BCUT2D eigenvalue weighted by atomic mass is 32.2. The van der Waals surface area contributed by atoms with Crippen LogP contribution in [0.3, 0.4) is 0 Å². The summed E-state index contributed by atoms with van der Waals surface area (Å²) in [5.41, 5.74) is 0.942. The van der Waals surface area contributed by atoms with Crippen molar-refractivity contribution >= 4 is 21.9 Å². The van der Waals surface area contributed by atoms with E-state index in [0.29, 0.717) is 31.1 Å². The summed E-state index contributed by atoms with van der Waals surface area (Å²) in [6.45, 7) is 1.67. The van der Waals surface area contributed by atoms with Gasteiger partial charge in [-0.15, -0.1) is 0 Å². The first-order chi connectivity index (χ1) is 15.3. The number of esters is 1. The third-order valence-corrected chi connectivity index (χ3v) is 6.45. The zero-order valence-corrected chi connectivity index (χ0v) is 18.8. The smallest absolute Gasteiger partial charge is 0.321 e. The van der Waals surface area contributed by atoms with Crippen molar-refractivity contribution < 1.29 is 32.2 Å². The molecule has 2 aromatic rings. The molecule has 1 unspecified atom stereocenters. The highest BCUT2D eigenvalue weighted by molar-refractivity contribution is 7.89. The Kier molecular flexibility index (Phi) is 7.70. The molecule has 172 valence electrons. The average molecular weight is 463 g/mol. The number of sulfonamides is 1. The minimum atomic E-state index is -3.99. The molecule has 1 amide bonds. The summed E-state index contributed by atoms with van der Waals surface area (Å²) >= 11 is 0. The van der Waals surface area contributed by atoms with Gasteiger partial charge in [-0.3, -0.25) is 9.59 Å². The van der Waals surface area contributed by atoms with Gasteiger partial charge in [-0.25, -0.2) is 8.42 Å². The lowest BCUT2D eigenvalue weighted by molar-refractivity contribution is -0.151. The van der Waals surface area contributed by atoms with Crippen molar-refractivity contribution in [1.82, 2.24) is 9.62 Å². The van der Waals surface area contributed by atoms with Crippen LogP contribution >= 0.6 is 0 Å². The van der Waals surface area contributed by atoms with Crippen molar-refractivity contribution in [2.75, 3.05) is 33.4 Å². The van der Waals surface area contributed by atoms with E-state index in [1.165, 1.54) is 23.1 Å². The van der Waals surface area contributed by atoms with Gasteiger partial charge in [-0.05, 0) is 24.6 Å². The minimum absolute atomic E-state index is 0.0676. The Hall–Kier alpha value is -3.11. The molecule has 9 nitrogen and oxygen atoms in total. The predicted molar refractivity (Wildman–Crippen MR) is 116 cm³/mol. The van der Waals surface area contributed by atoms with Crippen LogP contribution in [0, 0.1) is 0 Å². The third-order valence-electron chi connectivity index (χ3n) is 5.05. The molecule has 0 spiro atoms. The number of likely N-dealkylation sites (N-methyl/N-ethyl adjacent to an activating group) is 1. The standard InChI is InChI=1S/C22H26N2O7S/c1-16(17-7-4-3-5-8-17)24(2)21(25)15-31-22(26)14-23-32(27,28)18-9-10-19-20(13-18)30-12-6-11-29-19/h3-5,7-10,13,16,23H,6,11-12,14-15H2,1-2H3. The second-order valence-electron chi connectivity index (χ2n) is 7.24. The van der Waals surface area contributed by atoms with Gasteiger partial charge in [0.05, 0.1) is 24.2 Å². The Morgan fingerprint density at radius 2 is 1.78 bits per heavy atom. The largest absolute Gasteiger partial charge is 0.490 e. The average Bonchev–Trinajstić information content (AvgIpc) is 3.05. The van der Waals surface area contributed by atoms with Crippen molar-refractivity contribution in [3.63, 3.8) is 0 Å². The quantitative estimate of drug-likeness (QED) is 0.597. The summed E-state index contributed by atoms with van der Waals surface area (Å²) < 4.78 is 43.1. The number of hydrogen-bond donors (Lipinski definition) is 1. The highest BCUT2D eigenvalue weighted by Crippen LogP contribution is 2.31. The Bertz CT molecular complexity index is 1060. The monoisotopic (exact) mass is 462 g/mol. The summed E-state index contributed by atoms with van der Waals surface area (Å²) in [5.74, 6) is -0.472. The molecule has 0 aromatic heterocycles. The number of amides is 1. The molecule has 2 aromatic carbocycles. The highest BCUT2D eigenvalue weighted by Gasteiger charge is 2.22. The van der Waals surface area contributed by atoms with Gasteiger partial charge in [0.25, 0.3) is 5.91 Å². The van der Waals surface area contributed by atoms with E-state index in [1.54, 1.807) is 7.05 Å². The molecule has 32 heavy (non-hydrogen) atoms. The van der Waals surface area contributed by atoms with E-state index in [0.717, 1.165) is 5.56 Å². The molecule has 0 aliphatic carbocycles. The molecule has 0 saturated heterocycles. The number of rotatable bonds is 8. The van der Waals surface area contributed by atoms with Crippen LogP contribution in [0.4, 0.5) is 0 Å². The van der Waals surface area contributed by atoms with Gasteiger partial charge in [0.2, 0.25) is 10.0 Å². The number of hydrogen-bond acceptors (Lipinski definition) is 7. The second kappa shape index (κ2) is 10.5. The SMILES string of the molecule is CC(c1ccccc1)N(C)C(=O)COC(=O)CNS(=O)(=O)c1ccc2c(c1)OCCCO2. The van der Waals surface area contributed by atoms with Gasteiger partial charge >= 0.3 is 5.97 Å². The van der Waals surface area contributed by atoms with E-state index < -0.39 is 35.1 Å². The van der Waals surface area contributed by atoms with Gasteiger partial charge in [0.15, 0.2) is 18.1 Å². The van der Waals surface area contributed by atoms with E-state index >= 15 is 0 Å². The lowest BCUT2D eigenvalue weighted by atomic mass is 10.1. The number of fused-ring (bicyclic) bond motifs is 1. The van der Waals surface area contributed by atoms with Gasteiger partial charge in [0.1, 0.15) is 6.54 Å². The van der Waals surface area contributed by atoms with Gasteiger partial charge in [-0.1, -0.05) is 30.3 Å². The first-order valence-corrected chi connectivity index (χ1v) is 11.6. The van der Waals surface area contributed by atoms with Gasteiger partial charge < -0.3 is 19.1 Å². The molecule has 1 heterocycles. The van der Waals surface area contributed by atoms with Crippen LogP contribution in [-0.4, -0.2) is 58.6 Å². The molecule has 0 radical (unpaired) electrons. The maximum atomic E-state index is 12.5. The van der Waals surface area contributed by atoms with Crippen LogP contribution < -0.4 is 14.2 Å². The van der Waals surface area contributed by atoms with E-state index in [-0.39, 0.29) is 10.9 Å². The van der Waals surface area contributed by atoms with E-state index in [4.69, 9.17) is 14.2 Å². The lowest BCUT2D eigenvalue weighted by Gasteiger charge is -2.25. The number of benzene rings is 2. The molecule has 1 atom stereocenters. The van der Waals surface area contributed by atoms with Crippen LogP contribution in [0.1, 0.15) is 24.9 Å². The fourth-order valence-corrected chi connectivity index (χ4v) is 4.00. The summed E-state index contributed by atoms with van der Waals surface area (Å²) in [4.78, 5) is 25.7.